The summed E-state index contributed by atoms with van der Waals surface area (Å²) in [4.78, 5) is 25.3. The quantitative estimate of drug-likeness (QED) is 0.284. The van der Waals surface area contributed by atoms with Crippen LogP contribution in [0.15, 0.2) is 15.8 Å². The normalized spacial score (nSPS) is 31.9. The van der Waals surface area contributed by atoms with E-state index in [4.69, 9.17) is 5.21 Å². The van der Waals surface area contributed by atoms with Gasteiger partial charge in [0.25, 0.3) is 0 Å². The number of aliphatic hydroxyl groups excluding tert-OH is 1. The van der Waals surface area contributed by atoms with E-state index in [1.807, 2.05) is 0 Å². The molecule has 1 amide bonds. The fourth-order valence-electron chi connectivity index (χ4n) is 2.87. The Morgan fingerprint density at radius 3 is 2.57 bits per heavy atom. The van der Waals surface area contributed by atoms with Crippen molar-refractivity contribution in [2.45, 2.75) is 31.2 Å². The van der Waals surface area contributed by atoms with Crippen molar-refractivity contribution < 1.29 is 25.0 Å². The Labute approximate surface area is 167 Å². The first-order valence-electron chi connectivity index (χ1n) is 6.30. The molecule has 3 N–H and O–H groups in total. The summed E-state index contributed by atoms with van der Waals surface area (Å²) in [7, 11) is 0. The molecule has 9 heteroatoms. The van der Waals surface area contributed by atoms with Crippen molar-refractivity contribution in [3.8, 4) is 0 Å². The summed E-state index contributed by atoms with van der Waals surface area (Å²) in [5, 5.41) is 30.4. The first-order valence-corrected chi connectivity index (χ1v) is 7.18. The third-order valence-electron chi connectivity index (χ3n) is 4.00. The summed E-state index contributed by atoms with van der Waals surface area (Å²) >= 11 is 1.34. The van der Waals surface area contributed by atoms with Gasteiger partial charge >= 0.3 is 57.4 Å². The molecule has 0 aromatic rings. The molecular formula is C12H15KN2O5S. The molecule has 1 saturated carbocycles. The minimum atomic E-state index is -1.12. The van der Waals surface area contributed by atoms with Crippen LogP contribution in [0.4, 0.5) is 0 Å². The monoisotopic (exact) mass is 338 g/mol. The Bertz CT molecular complexity index is 554. The molecule has 1 aliphatic carbocycles. The molecule has 0 bridgehead atoms. The molecule has 2 heterocycles. The van der Waals surface area contributed by atoms with E-state index in [-0.39, 0.29) is 74.3 Å². The fraction of sp³-hybridized carbons (Fsp3) is 0.583. The Hall–Kier alpha value is 0.0964. The Balaban J connectivity index is 0.00000161. The summed E-state index contributed by atoms with van der Waals surface area (Å²) in [6, 6.07) is 0. The molecule has 0 aromatic carbocycles. The van der Waals surface area contributed by atoms with Crippen molar-refractivity contribution in [1.82, 2.24) is 4.90 Å². The van der Waals surface area contributed by atoms with E-state index >= 15 is 0 Å². The Morgan fingerprint density at radius 2 is 2.10 bits per heavy atom. The second-order valence-electron chi connectivity index (χ2n) is 5.27. The average Bonchev–Trinajstić information content (AvgIpc) is 2.62. The number of β-lactam (4-membered cyclic amide) rings is 1. The Kier molecular flexibility index (Phi) is 5.24. The maximum absolute atomic E-state index is 12.0. The number of fused-ring (bicyclic) bond motifs is 1. The van der Waals surface area contributed by atoms with Gasteiger partial charge in [-0.1, -0.05) is 5.16 Å². The number of rotatable bonds is 3. The number of carbonyl (C=O) groups excluding carboxylic acids is 1. The van der Waals surface area contributed by atoms with Gasteiger partial charge in [0.1, 0.15) is 11.1 Å². The molecule has 2 fully saturated rings. The van der Waals surface area contributed by atoms with Crippen LogP contribution in [-0.4, -0.2) is 101 Å². The number of thioether (sulfide) groups is 1. The van der Waals surface area contributed by atoms with E-state index in [1.165, 1.54) is 16.7 Å². The first-order chi connectivity index (χ1) is 9.45. The fourth-order valence-corrected chi connectivity index (χ4v) is 4.59. The predicted octanol–water partition coefficient (Wildman–Crippen LogP) is -0.214. The summed E-state index contributed by atoms with van der Waals surface area (Å²) in [5.41, 5.74) is 0.671. The molecule has 0 unspecified atom stereocenters. The molecule has 3 aliphatic rings. The van der Waals surface area contributed by atoms with Crippen LogP contribution in [0.2, 0.25) is 0 Å². The number of nitrogens with zero attached hydrogens (tertiary/aromatic N) is 2. The number of carbonyl (C=O) groups is 2. The van der Waals surface area contributed by atoms with Crippen LogP contribution in [0.1, 0.15) is 19.8 Å². The van der Waals surface area contributed by atoms with Crippen LogP contribution in [0.25, 0.3) is 0 Å². The molecule has 21 heavy (non-hydrogen) atoms. The zero-order chi connectivity index (χ0) is 14.6. The van der Waals surface area contributed by atoms with Crippen LogP contribution in [-0.2, 0) is 9.59 Å². The molecule has 0 aromatic heterocycles. The SMILES string of the molecule is C[C@@H](O)[C@H]1C(=O)N2C(C(=O)O)=C(C3CC(=NO)C3)S[C@H]12.[KH]. The van der Waals surface area contributed by atoms with Gasteiger partial charge in [-0.25, -0.2) is 4.79 Å². The van der Waals surface area contributed by atoms with Crippen molar-refractivity contribution >= 4 is 80.7 Å². The van der Waals surface area contributed by atoms with E-state index in [0.717, 1.165) is 0 Å². The number of hydrogen-bond acceptors (Lipinski definition) is 6. The van der Waals surface area contributed by atoms with Crippen molar-refractivity contribution in [2.24, 2.45) is 17.0 Å². The van der Waals surface area contributed by atoms with Crippen LogP contribution in [0, 0.1) is 11.8 Å². The van der Waals surface area contributed by atoms with Crippen molar-refractivity contribution in [3.05, 3.63) is 10.6 Å². The number of allylic oxidation sites excluding steroid dienone is 1. The second-order valence-corrected chi connectivity index (χ2v) is 6.43. The maximum atomic E-state index is 12.0. The van der Waals surface area contributed by atoms with E-state index in [2.05, 4.69) is 5.16 Å². The number of hydrogen-bond donors (Lipinski definition) is 3. The third-order valence-corrected chi connectivity index (χ3v) is 5.53. The summed E-state index contributed by atoms with van der Waals surface area (Å²) in [5.74, 6) is -2.01. The number of carboxylic acid groups (broad SMARTS) is 1. The van der Waals surface area contributed by atoms with Crippen LogP contribution in [0.3, 0.4) is 0 Å². The molecule has 110 valence electrons. The number of carboxylic acids is 1. The standard InChI is InChI=1S/C12H14N2O5S.K.H/c1-4(15)7-10(16)14-8(12(17)18)9(20-11(7)14)5-2-6(3-5)13-19;;/h4-5,7,11,15,19H,2-3H2,1H3,(H,17,18);;/t4-,5?,7+,11-;;/m1../s1. The number of amides is 1. The van der Waals surface area contributed by atoms with E-state index in [1.54, 1.807) is 6.92 Å². The van der Waals surface area contributed by atoms with E-state index in [9.17, 15) is 19.8 Å². The van der Waals surface area contributed by atoms with Gasteiger partial charge in [-0.3, -0.25) is 9.69 Å². The summed E-state index contributed by atoms with van der Waals surface area (Å²) in [6.45, 7) is 1.54. The average molecular weight is 338 g/mol. The zero-order valence-corrected chi connectivity index (χ0v) is 11.5. The predicted molar refractivity (Wildman–Crippen MR) is 77.2 cm³/mol. The molecule has 0 radical (unpaired) electrons. The van der Waals surface area contributed by atoms with Crippen molar-refractivity contribution in [1.29, 1.82) is 0 Å². The first kappa shape index (κ1) is 17.5. The summed E-state index contributed by atoms with van der Waals surface area (Å²) < 4.78 is 0. The van der Waals surface area contributed by atoms with E-state index < -0.39 is 18.0 Å². The molecule has 1 saturated heterocycles. The minimum absolute atomic E-state index is 0. The molecule has 3 atom stereocenters. The number of oxime groups is 1. The van der Waals surface area contributed by atoms with Crippen LogP contribution in [0.5, 0.6) is 0 Å². The van der Waals surface area contributed by atoms with Gasteiger partial charge in [0, 0.05) is 10.8 Å². The van der Waals surface area contributed by atoms with Crippen molar-refractivity contribution in [3.63, 3.8) is 0 Å². The van der Waals surface area contributed by atoms with Gasteiger partial charge in [0.05, 0.1) is 17.7 Å². The zero-order valence-electron chi connectivity index (χ0n) is 10.7. The van der Waals surface area contributed by atoms with Gasteiger partial charge in [-0.15, -0.1) is 11.8 Å². The molecule has 2 aliphatic heterocycles. The van der Waals surface area contributed by atoms with Gasteiger partial charge in [0.15, 0.2) is 0 Å². The number of aliphatic carboxylic acids is 1. The van der Waals surface area contributed by atoms with Gasteiger partial charge in [-0.05, 0) is 19.8 Å². The molecular weight excluding hydrogens is 323 g/mol. The second kappa shape index (κ2) is 6.30. The number of aliphatic hydroxyl groups is 1. The van der Waals surface area contributed by atoms with E-state index in [0.29, 0.717) is 23.5 Å². The molecule has 3 rings (SSSR count). The van der Waals surface area contributed by atoms with Gasteiger partial charge in [-0.2, -0.15) is 0 Å². The van der Waals surface area contributed by atoms with Gasteiger partial charge in [0.2, 0.25) is 5.91 Å². The van der Waals surface area contributed by atoms with Gasteiger partial charge < -0.3 is 15.4 Å². The van der Waals surface area contributed by atoms with Crippen LogP contribution >= 0.6 is 11.8 Å². The van der Waals surface area contributed by atoms with Crippen LogP contribution < -0.4 is 0 Å². The molecule has 0 spiro atoms. The topological polar surface area (TPSA) is 110 Å². The van der Waals surface area contributed by atoms with Crippen molar-refractivity contribution in [2.75, 3.05) is 0 Å². The Morgan fingerprint density at radius 1 is 1.48 bits per heavy atom. The molecule has 7 nitrogen and oxygen atoms in total. The summed E-state index contributed by atoms with van der Waals surface area (Å²) in [6.07, 6.45) is 0.245. The third kappa shape index (κ3) is 2.62.